The molecule has 2 heterocycles. The highest BCUT2D eigenvalue weighted by molar-refractivity contribution is 8.00. The first-order chi connectivity index (χ1) is 8.00. The van der Waals surface area contributed by atoms with Crippen LogP contribution in [0.25, 0.3) is 0 Å². The number of carboxylic acids is 1. The molecule has 0 saturated carbocycles. The molecule has 1 N–H and O–H groups in total. The number of aromatic carboxylic acids is 1. The van der Waals surface area contributed by atoms with Crippen molar-refractivity contribution in [1.29, 1.82) is 0 Å². The summed E-state index contributed by atoms with van der Waals surface area (Å²) in [7, 11) is 0. The molecule has 92 valence electrons. The fraction of sp³-hybridized carbons (Fsp3) is 0.500. The molecule has 1 aromatic heterocycles. The minimum atomic E-state index is -0.997. The first-order valence-corrected chi connectivity index (χ1v) is 6.56. The zero-order chi connectivity index (χ0) is 12.5. The van der Waals surface area contributed by atoms with E-state index in [1.807, 2.05) is 11.8 Å². The molecule has 0 aromatic carbocycles. The van der Waals surface area contributed by atoms with Gasteiger partial charge in [0.2, 0.25) is 0 Å². The molecule has 1 unspecified atom stereocenters. The summed E-state index contributed by atoms with van der Waals surface area (Å²) in [6.45, 7) is 2.71. The molecule has 0 amide bonds. The van der Waals surface area contributed by atoms with Crippen molar-refractivity contribution in [2.45, 2.75) is 31.1 Å². The van der Waals surface area contributed by atoms with Crippen LogP contribution in [-0.4, -0.2) is 26.1 Å². The number of hydrogen-bond donors (Lipinski definition) is 1. The highest BCUT2D eigenvalue weighted by atomic mass is 32.2. The van der Waals surface area contributed by atoms with E-state index in [1.54, 1.807) is 0 Å². The first kappa shape index (κ1) is 12.2. The van der Waals surface area contributed by atoms with Crippen molar-refractivity contribution in [3.05, 3.63) is 34.2 Å². The predicted octanol–water partition coefficient (Wildman–Crippen LogP) is 1.83. The second-order valence-electron chi connectivity index (χ2n) is 4.59. The zero-order valence-electron chi connectivity index (χ0n) is 9.68. The standard InChI is InChI=1S/C12H15NO3S/c1-12(5-2-6-17-12)8-13-7-9(11(15)16)3-4-10(13)14/h3-4,7H,2,5-6,8H2,1H3,(H,15,16). The number of hydrogen-bond acceptors (Lipinski definition) is 3. The summed E-state index contributed by atoms with van der Waals surface area (Å²) in [5.41, 5.74) is 0.0277. The van der Waals surface area contributed by atoms with Gasteiger partial charge in [0.1, 0.15) is 0 Å². The van der Waals surface area contributed by atoms with Crippen molar-refractivity contribution in [2.24, 2.45) is 0 Å². The molecule has 1 fully saturated rings. The molecule has 0 radical (unpaired) electrons. The second kappa shape index (κ2) is 4.56. The van der Waals surface area contributed by atoms with Gasteiger partial charge >= 0.3 is 5.97 Å². The molecular formula is C12H15NO3S. The van der Waals surface area contributed by atoms with E-state index in [0.29, 0.717) is 6.54 Å². The number of carboxylic acid groups (broad SMARTS) is 1. The van der Waals surface area contributed by atoms with Crippen molar-refractivity contribution in [3.8, 4) is 0 Å². The summed E-state index contributed by atoms with van der Waals surface area (Å²) >= 11 is 1.86. The summed E-state index contributed by atoms with van der Waals surface area (Å²) in [4.78, 5) is 22.5. The third-order valence-electron chi connectivity index (χ3n) is 3.04. The highest BCUT2D eigenvalue weighted by Crippen LogP contribution is 2.38. The quantitative estimate of drug-likeness (QED) is 0.892. The largest absolute Gasteiger partial charge is 0.478 e. The van der Waals surface area contributed by atoms with Crippen LogP contribution in [0.4, 0.5) is 0 Å². The van der Waals surface area contributed by atoms with Gasteiger partial charge in [0, 0.05) is 23.6 Å². The molecule has 0 bridgehead atoms. The normalized spacial score (nSPS) is 23.8. The number of aromatic nitrogens is 1. The predicted molar refractivity (Wildman–Crippen MR) is 67.8 cm³/mol. The fourth-order valence-electron chi connectivity index (χ4n) is 2.10. The number of thioether (sulfide) groups is 1. The summed E-state index contributed by atoms with van der Waals surface area (Å²) in [5.74, 6) is 0.118. The third kappa shape index (κ3) is 2.72. The minimum absolute atomic E-state index is 0.0565. The van der Waals surface area contributed by atoms with E-state index in [1.165, 1.54) is 22.9 Å². The van der Waals surface area contributed by atoms with Gasteiger partial charge < -0.3 is 9.67 Å². The Kier molecular flexibility index (Phi) is 3.28. The lowest BCUT2D eigenvalue weighted by Gasteiger charge is -2.23. The van der Waals surface area contributed by atoms with Gasteiger partial charge in [0.25, 0.3) is 5.56 Å². The third-order valence-corrected chi connectivity index (χ3v) is 4.56. The smallest absolute Gasteiger partial charge is 0.337 e. The summed E-state index contributed by atoms with van der Waals surface area (Å²) in [5, 5.41) is 8.90. The Morgan fingerprint density at radius 1 is 1.59 bits per heavy atom. The Morgan fingerprint density at radius 2 is 2.35 bits per heavy atom. The Morgan fingerprint density at radius 3 is 2.94 bits per heavy atom. The van der Waals surface area contributed by atoms with Gasteiger partial charge in [0.15, 0.2) is 0 Å². The van der Waals surface area contributed by atoms with Crippen molar-refractivity contribution in [2.75, 3.05) is 5.75 Å². The van der Waals surface area contributed by atoms with Crippen molar-refractivity contribution < 1.29 is 9.90 Å². The van der Waals surface area contributed by atoms with E-state index < -0.39 is 5.97 Å². The average Bonchev–Trinajstić information content (AvgIpc) is 2.68. The van der Waals surface area contributed by atoms with Crippen LogP contribution >= 0.6 is 11.8 Å². The average molecular weight is 253 g/mol. The molecule has 0 aliphatic carbocycles. The van der Waals surface area contributed by atoms with Gasteiger partial charge in [-0.25, -0.2) is 4.79 Å². The fourth-order valence-corrected chi connectivity index (χ4v) is 3.40. The Bertz CT molecular complexity index is 489. The van der Waals surface area contributed by atoms with Gasteiger partial charge in [-0.1, -0.05) is 0 Å². The lowest BCUT2D eigenvalue weighted by molar-refractivity contribution is 0.0695. The van der Waals surface area contributed by atoms with Crippen LogP contribution < -0.4 is 5.56 Å². The van der Waals surface area contributed by atoms with Gasteiger partial charge in [-0.05, 0) is 31.6 Å². The van der Waals surface area contributed by atoms with Crippen LogP contribution in [0.15, 0.2) is 23.1 Å². The molecule has 1 aliphatic rings. The maximum absolute atomic E-state index is 11.7. The first-order valence-electron chi connectivity index (χ1n) is 5.58. The van der Waals surface area contributed by atoms with Crippen LogP contribution in [-0.2, 0) is 6.54 Å². The Labute approximate surface area is 104 Å². The summed E-state index contributed by atoms with van der Waals surface area (Å²) in [6, 6.07) is 2.68. The van der Waals surface area contributed by atoms with Gasteiger partial charge in [-0.15, -0.1) is 0 Å². The Hall–Kier alpha value is -1.23. The molecule has 1 aliphatic heterocycles. The summed E-state index contributed by atoms with van der Waals surface area (Å²) < 4.78 is 1.57. The van der Waals surface area contributed by atoms with E-state index in [0.717, 1.165) is 18.6 Å². The lowest BCUT2D eigenvalue weighted by atomic mass is 10.1. The monoisotopic (exact) mass is 253 g/mol. The molecule has 4 nitrogen and oxygen atoms in total. The van der Waals surface area contributed by atoms with Crippen LogP contribution in [0.2, 0.25) is 0 Å². The molecule has 1 atom stereocenters. The molecule has 1 saturated heterocycles. The second-order valence-corrected chi connectivity index (χ2v) is 6.27. The number of pyridine rings is 1. The zero-order valence-corrected chi connectivity index (χ0v) is 10.5. The van der Waals surface area contributed by atoms with Crippen LogP contribution in [0.3, 0.4) is 0 Å². The number of carbonyl (C=O) groups is 1. The van der Waals surface area contributed by atoms with Gasteiger partial charge in [-0.3, -0.25) is 4.79 Å². The molecule has 1 aromatic rings. The lowest BCUT2D eigenvalue weighted by Crippen LogP contribution is -2.31. The van der Waals surface area contributed by atoms with E-state index in [2.05, 4.69) is 6.92 Å². The van der Waals surface area contributed by atoms with Crippen LogP contribution in [0.1, 0.15) is 30.1 Å². The van der Waals surface area contributed by atoms with E-state index >= 15 is 0 Å². The summed E-state index contributed by atoms with van der Waals surface area (Å²) in [6.07, 6.45) is 3.67. The molecule has 0 spiro atoms. The number of nitrogens with zero attached hydrogens (tertiary/aromatic N) is 1. The van der Waals surface area contributed by atoms with E-state index in [9.17, 15) is 9.59 Å². The van der Waals surface area contributed by atoms with E-state index in [-0.39, 0.29) is 15.9 Å². The van der Waals surface area contributed by atoms with Gasteiger partial charge in [-0.2, -0.15) is 11.8 Å². The molecule has 2 rings (SSSR count). The maximum atomic E-state index is 11.7. The minimum Gasteiger partial charge on any atom is -0.478 e. The van der Waals surface area contributed by atoms with Crippen LogP contribution in [0.5, 0.6) is 0 Å². The Balaban J connectivity index is 2.28. The van der Waals surface area contributed by atoms with Crippen molar-refractivity contribution >= 4 is 17.7 Å². The maximum Gasteiger partial charge on any atom is 0.337 e. The SMILES string of the molecule is CC1(Cn2cc(C(=O)O)ccc2=O)CCCS1. The molecule has 5 heteroatoms. The van der Waals surface area contributed by atoms with E-state index in [4.69, 9.17) is 5.11 Å². The van der Waals surface area contributed by atoms with Gasteiger partial charge in [0.05, 0.1) is 5.56 Å². The van der Waals surface area contributed by atoms with Crippen molar-refractivity contribution in [3.63, 3.8) is 0 Å². The molecule has 17 heavy (non-hydrogen) atoms. The topological polar surface area (TPSA) is 59.3 Å². The number of rotatable bonds is 3. The van der Waals surface area contributed by atoms with Crippen LogP contribution in [0, 0.1) is 0 Å². The highest BCUT2D eigenvalue weighted by Gasteiger charge is 2.30. The van der Waals surface area contributed by atoms with Crippen molar-refractivity contribution in [1.82, 2.24) is 4.57 Å². The molecular weight excluding hydrogens is 238 g/mol.